The first-order valence-corrected chi connectivity index (χ1v) is 5.39. The van der Waals surface area contributed by atoms with Gasteiger partial charge >= 0.3 is 0 Å². The number of benzene rings is 1. The summed E-state index contributed by atoms with van der Waals surface area (Å²) in [6, 6.07) is 6.02. The molecule has 1 rings (SSSR count). The number of rotatable bonds is 4. The van der Waals surface area contributed by atoms with Gasteiger partial charge in [0.15, 0.2) is 0 Å². The van der Waals surface area contributed by atoms with Crippen molar-refractivity contribution in [1.29, 1.82) is 0 Å². The second-order valence-corrected chi connectivity index (χ2v) is 4.23. The van der Waals surface area contributed by atoms with E-state index >= 15 is 0 Å². The average Bonchev–Trinajstić information content (AvgIpc) is 2.16. The normalized spacial score (nSPS) is 10.9. The lowest BCUT2D eigenvalue weighted by molar-refractivity contribution is 0.241. The van der Waals surface area contributed by atoms with E-state index in [0.29, 0.717) is 5.92 Å². The summed E-state index contributed by atoms with van der Waals surface area (Å²) in [5.41, 5.74) is 1.22. The molecule has 0 heterocycles. The fraction of sp³-hybridized carbons (Fsp3) is 0.538. The van der Waals surface area contributed by atoms with Crippen LogP contribution in [0.15, 0.2) is 18.2 Å². The molecule has 0 aliphatic heterocycles. The van der Waals surface area contributed by atoms with Crippen molar-refractivity contribution in [3.05, 3.63) is 23.8 Å². The van der Waals surface area contributed by atoms with Crippen LogP contribution < -0.4 is 9.47 Å². The molecule has 0 saturated carbocycles. The zero-order valence-corrected chi connectivity index (χ0v) is 10.2. The molecule has 0 aromatic heterocycles. The maximum absolute atomic E-state index is 5.61. The van der Waals surface area contributed by atoms with Gasteiger partial charge in [-0.05, 0) is 31.4 Å². The minimum atomic E-state index is 0.194. The molecule has 1 aromatic rings. The van der Waals surface area contributed by atoms with Crippen molar-refractivity contribution in [2.75, 3.05) is 7.11 Å². The monoisotopic (exact) mass is 208 g/mol. The fourth-order valence-electron chi connectivity index (χ4n) is 1.51. The second kappa shape index (κ2) is 5.06. The van der Waals surface area contributed by atoms with E-state index < -0.39 is 0 Å². The van der Waals surface area contributed by atoms with Crippen LogP contribution in [0, 0.1) is 0 Å². The number of ether oxygens (including phenoxy) is 2. The summed E-state index contributed by atoms with van der Waals surface area (Å²) < 4.78 is 11.0. The lowest BCUT2D eigenvalue weighted by Gasteiger charge is -2.15. The van der Waals surface area contributed by atoms with Crippen LogP contribution in [0.2, 0.25) is 0 Å². The van der Waals surface area contributed by atoms with Gasteiger partial charge in [-0.3, -0.25) is 0 Å². The largest absolute Gasteiger partial charge is 0.496 e. The SMILES string of the molecule is COc1cc(OC(C)C)ccc1C(C)C. The molecule has 0 unspecified atom stereocenters. The molecule has 0 N–H and O–H groups in total. The van der Waals surface area contributed by atoms with E-state index in [9.17, 15) is 0 Å². The molecule has 2 heteroatoms. The predicted octanol–water partition coefficient (Wildman–Crippen LogP) is 3.61. The molecule has 0 radical (unpaired) electrons. The Kier molecular flexibility index (Phi) is 4.01. The first-order chi connectivity index (χ1) is 7.04. The van der Waals surface area contributed by atoms with Crippen molar-refractivity contribution in [3.8, 4) is 11.5 Å². The van der Waals surface area contributed by atoms with Crippen LogP contribution in [0.25, 0.3) is 0 Å². The van der Waals surface area contributed by atoms with Crippen LogP contribution >= 0.6 is 0 Å². The van der Waals surface area contributed by atoms with Crippen molar-refractivity contribution in [2.24, 2.45) is 0 Å². The Bertz CT molecular complexity index is 316. The van der Waals surface area contributed by atoms with Crippen molar-refractivity contribution in [3.63, 3.8) is 0 Å². The van der Waals surface area contributed by atoms with Crippen LogP contribution in [0.4, 0.5) is 0 Å². The van der Waals surface area contributed by atoms with Gasteiger partial charge in [-0.1, -0.05) is 19.9 Å². The second-order valence-electron chi connectivity index (χ2n) is 4.23. The topological polar surface area (TPSA) is 18.5 Å². The van der Waals surface area contributed by atoms with Gasteiger partial charge in [-0.2, -0.15) is 0 Å². The molecule has 15 heavy (non-hydrogen) atoms. The van der Waals surface area contributed by atoms with Gasteiger partial charge in [0.05, 0.1) is 13.2 Å². The van der Waals surface area contributed by atoms with Gasteiger partial charge in [0.1, 0.15) is 11.5 Å². The number of hydrogen-bond donors (Lipinski definition) is 0. The zero-order chi connectivity index (χ0) is 11.4. The quantitative estimate of drug-likeness (QED) is 0.752. The van der Waals surface area contributed by atoms with Crippen molar-refractivity contribution >= 4 is 0 Å². The Hall–Kier alpha value is -1.18. The predicted molar refractivity (Wildman–Crippen MR) is 62.8 cm³/mol. The molecule has 0 aliphatic rings. The van der Waals surface area contributed by atoms with Crippen LogP contribution in [-0.4, -0.2) is 13.2 Å². The molecule has 0 aliphatic carbocycles. The Morgan fingerprint density at radius 3 is 2.20 bits per heavy atom. The van der Waals surface area contributed by atoms with Crippen LogP contribution in [0.3, 0.4) is 0 Å². The van der Waals surface area contributed by atoms with E-state index in [1.807, 2.05) is 26.0 Å². The molecular formula is C13H20O2. The molecule has 1 aromatic carbocycles. The summed E-state index contributed by atoms with van der Waals surface area (Å²) in [5.74, 6) is 2.24. The van der Waals surface area contributed by atoms with Crippen molar-refractivity contribution < 1.29 is 9.47 Å². The molecule has 0 amide bonds. The van der Waals surface area contributed by atoms with E-state index in [-0.39, 0.29) is 6.10 Å². The van der Waals surface area contributed by atoms with Gasteiger partial charge in [0.2, 0.25) is 0 Å². The Labute approximate surface area is 92.2 Å². The highest BCUT2D eigenvalue weighted by Crippen LogP contribution is 2.30. The highest BCUT2D eigenvalue weighted by Gasteiger charge is 2.08. The summed E-state index contributed by atoms with van der Waals surface area (Å²) in [7, 11) is 1.69. The van der Waals surface area contributed by atoms with Crippen LogP contribution in [0.1, 0.15) is 39.2 Å². The van der Waals surface area contributed by atoms with Gasteiger partial charge in [-0.15, -0.1) is 0 Å². The fourth-order valence-corrected chi connectivity index (χ4v) is 1.51. The van der Waals surface area contributed by atoms with Crippen molar-refractivity contribution in [1.82, 2.24) is 0 Å². The summed E-state index contributed by atoms with van der Waals surface area (Å²) in [6.45, 7) is 8.34. The number of methoxy groups -OCH3 is 1. The summed E-state index contributed by atoms with van der Waals surface area (Å²) in [6.07, 6.45) is 0.194. The average molecular weight is 208 g/mol. The highest BCUT2D eigenvalue weighted by molar-refractivity contribution is 5.42. The molecule has 0 saturated heterocycles. The van der Waals surface area contributed by atoms with E-state index in [4.69, 9.17) is 9.47 Å². The lowest BCUT2D eigenvalue weighted by Crippen LogP contribution is -2.06. The molecule has 2 nitrogen and oxygen atoms in total. The van der Waals surface area contributed by atoms with Gasteiger partial charge in [0.25, 0.3) is 0 Å². The summed E-state index contributed by atoms with van der Waals surface area (Å²) in [5, 5.41) is 0. The lowest BCUT2D eigenvalue weighted by atomic mass is 10.0. The molecule has 0 bridgehead atoms. The highest BCUT2D eigenvalue weighted by atomic mass is 16.5. The smallest absolute Gasteiger partial charge is 0.126 e. The van der Waals surface area contributed by atoms with E-state index in [1.165, 1.54) is 5.56 Å². The first kappa shape index (κ1) is 11.9. The first-order valence-electron chi connectivity index (χ1n) is 5.39. The zero-order valence-electron chi connectivity index (χ0n) is 10.2. The minimum absolute atomic E-state index is 0.194. The molecule has 0 atom stereocenters. The minimum Gasteiger partial charge on any atom is -0.496 e. The summed E-state index contributed by atoms with van der Waals surface area (Å²) in [4.78, 5) is 0. The van der Waals surface area contributed by atoms with Crippen molar-refractivity contribution in [2.45, 2.75) is 39.7 Å². The third-order valence-corrected chi connectivity index (χ3v) is 2.20. The standard InChI is InChI=1S/C13H20O2/c1-9(2)12-7-6-11(15-10(3)4)8-13(12)14-5/h6-10H,1-5H3. The third kappa shape index (κ3) is 3.15. The van der Waals surface area contributed by atoms with Crippen LogP contribution in [-0.2, 0) is 0 Å². The molecule has 84 valence electrons. The van der Waals surface area contributed by atoms with Gasteiger partial charge < -0.3 is 9.47 Å². The van der Waals surface area contributed by atoms with Crippen LogP contribution in [0.5, 0.6) is 11.5 Å². The molecule has 0 fully saturated rings. The molecule has 0 spiro atoms. The molecular weight excluding hydrogens is 188 g/mol. The van der Waals surface area contributed by atoms with E-state index in [0.717, 1.165) is 11.5 Å². The van der Waals surface area contributed by atoms with Gasteiger partial charge in [0, 0.05) is 6.07 Å². The Balaban J connectivity index is 2.97. The third-order valence-electron chi connectivity index (χ3n) is 2.20. The summed E-state index contributed by atoms with van der Waals surface area (Å²) >= 11 is 0. The maximum Gasteiger partial charge on any atom is 0.126 e. The van der Waals surface area contributed by atoms with Gasteiger partial charge in [-0.25, -0.2) is 0 Å². The number of hydrogen-bond acceptors (Lipinski definition) is 2. The van der Waals surface area contributed by atoms with E-state index in [1.54, 1.807) is 7.11 Å². The van der Waals surface area contributed by atoms with E-state index in [2.05, 4.69) is 19.9 Å². The Morgan fingerprint density at radius 2 is 1.73 bits per heavy atom. The Morgan fingerprint density at radius 1 is 1.07 bits per heavy atom. The maximum atomic E-state index is 5.61.